The molecule has 0 amide bonds. The summed E-state index contributed by atoms with van der Waals surface area (Å²) < 4.78 is 13.8. The molecule has 0 bridgehead atoms. The van der Waals surface area contributed by atoms with Crippen LogP contribution in [-0.2, 0) is 0 Å². The van der Waals surface area contributed by atoms with Crippen molar-refractivity contribution >= 4 is 11.8 Å². The van der Waals surface area contributed by atoms with Crippen LogP contribution in [-0.4, -0.2) is 29.7 Å². The molecule has 1 aliphatic carbocycles. The van der Waals surface area contributed by atoms with Crippen molar-refractivity contribution in [2.75, 3.05) is 18.5 Å². The number of hydrogen-bond acceptors (Lipinski definition) is 3. The highest BCUT2D eigenvalue weighted by Crippen LogP contribution is 2.31. The molecule has 1 saturated carbocycles. The van der Waals surface area contributed by atoms with E-state index < -0.39 is 11.8 Å². The number of anilines is 1. The van der Waals surface area contributed by atoms with Crippen LogP contribution in [0.5, 0.6) is 0 Å². The number of hydrogen-bond donors (Lipinski definition) is 1. The summed E-state index contributed by atoms with van der Waals surface area (Å²) >= 11 is 0. The van der Waals surface area contributed by atoms with E-state index in [0.29, 0.717) is 5.92 Å². The molecule has 4 nitrogen and oxygen atoms in total. The lowest BCUT2D eigenvalue weighted by molar-refractivity contribution is 0.0692. The molecule has 0 saturated heterocycles. The number of aromatic carboxylic acids is 1. The Morgan fingerprint density at radius 3 is 2.94 bits per heavy atom. The lowest BCUT2D eigenvalue weighted by atomic mass is 10.2. The Balaban J connectivity index is 2.25. The Bertz CT molecular complexity index is 418. The van der Waals surface area contributed by atoms with E-state index in [4.69, 9.17) is 5.11 Å². The predicted octanol–water partition coefficient (Wildman–Crippen LogP) is 1.77. The number of rotatable bonds is 4. The van der Waals surface area contributed by atoms with Gasteiger partial charge in [-0.15, -0.1) is 0 Å². The minimum atomic E-state index is -1.26. The number of pyridine rings is 1. The third-order valence-electron chi connectivity index (χ3n) is 2.69. The van der Waals surface area contributed by atoms with Crippen molar-refractivity contribution in [1.29, 1.82) is 0 Å². The number of carboxylic acid groups (broad SMARTS) is 1. The topological polar surface area (TPSA) is 53.4 Å². The van der Waals surface area contributed by atoms with Gasteiger partial charge in [0.2, 0.25) is 0 Å². The van der Waals surface area contributed by atoms with Crippen molar-refractivity contribution in [3.05, 3.63) is 23.6 Å². The van der Waals surface area contributed by atoms with E-state index in [1.165, 1.54) is 12.3 Å². The third-order valence-corrected chi connectivity index (χ3v) is 2.69. The summed E-state index contributed by atoms with van der Waals surface area (Å²) in [5.41, 5.74) is -0.326. The van der Waals surface area contributed by atoms with Gasteiger partial charge < -0.3 is 10.0 Å². The van der Waals surface area contributed by atoms with Gasteiger partial charge in [0.05, 0.1) is 0 Å². The van der Waals surface area contributed by atoms with E-state index in [0.717, 1.165) is 19.4 Å². The van der Waals surface area contributed by atoms with Gasteiger partial charge in [-0.2, -0.15) is 0 Å². The van der Waals surface area contributed by atoms with E-state index >= 15 is 0 Å². The highest BCUT2D eigenvalue weighted by molar-refractivity contribution is 5.88. The fourth-order valence-electron chi connectivity index (χ4n) is 1.64. The first kappa shape index (κ1) is 10.9. The van der Waals surface area contributed by atoms with E-state index in [9.17, 15) is 9.18 Å². The summed E-state index contributed by atoms with van der Waals surface area (Å²) in [4.78, 5) is 16.3. The quantitative estimate of drug-likeness (QED) is 0.846. The predicted molar refractivity (Wildman–Crippen MR) is 57.1 cm³/mol. The van der Waals surface area contributed by atoms with Gasteiger partial charge in [0.1, 0.15) is 5.56 Å². The van der Waals surface area contributed by atoms with Crippen LogP contribution in [0.25, 0.3) is 0 Å². The Morgan fingerprint density at radius 1 is 1.69 bits per heavy atom. The second kappa shape index (κ2) is 4.08. The largest absolute Gasteiger partial charge is 0.478 e. The molecule has 0 radical (unpaired) electrons. The van der Waals surface area contributed by atoms with Crippen molar-refractivity contribution in [3.63, 3.8) is 0 Å². The molecule has 0 spiro atoms. The monoisotopic (exact) mass is 224 g/mol. The van der Waals surface area contributed by atoms with Gasteiger partial charge in [-0.3, -0.25) is 0 Å². The summed E-state index contributed by atoms with van der Waals surface area (Å²) in [5.74, 6) is -1.30. The van der Waals surface area contributed by atoms with E-state index in [1.807, 2.05) is 0 Å². The Labute approximate surface area is 92.7 Å². The number of nitrogens with zero attached hydrogens (tertiary/aromatic N) is 2. The summed E-state index contributed by atoms with van der Waals surface area (Å²) in [6, 6.07) is 1.17. The Hall–Kier alpha value is -1.65. The van der Waals surface area contributed by atoms with Crippen molar-refractivity contribution in [1.82, 2.24) is 4.98 Å². The average molecular weight is 224 g/mol. The maximum absolute atomic E-state index is 13.8. The zero-order chi connectivity index (χ0) is 11.7. The summed E-state index contributed by atoms with van der Waals surface area (Å²) in [6.07, 6.45) is 3.64. The minimum Gasteiger partial charge on any atom is -0.478 e. The van der Waals surface area contributed by atoms with E-state index in [2.05, 4.69) is 4.98 Å². The van der Waals surface area contributed by atoms with Crippen LogP contribution in [0.15, 0.2) is 12.3 Å². The smallest absolute Gasteiger partial charge is 0.338 e. The molecule has 0 atom stereocenters. The molecule has 2 rings (SSSR count). The normalized spacial score (nSPS) is 14.9. The van der Waals surface area contributed by atoms with Crippen LogP contribution >= 0.6 is 0 Å². The first-order valence-corrected chi connectivity index (χ1v) is 5.18. The lowest BCUT2D eigenvalue weighted by Crippen LogP contribution is -2.23. The Morgan fingerprint density at radius 2 is 2.38 bits per heavy atom. The maximum Gasteiger partial charge on any atom is 0.338 e. The van der Waals surface area contributed by atoms with Crippen LogP contribution in [0.3, 0.4) is 0 Å². The molecule has 0 aliphatic heterocycles. The molecule has 1 aromatic rings. The van der Waals surface area contributed by atoms with Gasteiger partial charge in [0, 0.05) is 19.8 Å². The molecule has 1 N–H and O–H groups in total. The van der Waals surface area contributed by atoms with Gasteiger partial charge in [-0.1, -0.05) is 0 Å². The molecule has 1 heterocycles. The molecule has 0 aromatic carbocycles. The molecule has 1 aromatic heterocycles. The van der Waals surface area contributed by atoms with Gasteiger partial charge in [-0.05, 0) is 24.8 Å². The molecule has 1 aliphatic rings. The van der Waals surface area contributed by atoms with Gasteiger partial charge in [0.15, 0.2) is 11.6 Å². The van der Waals surface area contributed by atoms with Crippen LogP contribution in [0.2, 0.25) is 0 Å². The van der Waals surface area contributed by atoms with Crippen molar-refractivity contribution in [2.24, 2.45) is 5.92 Å². The van der Waals surface area contributed by atoms with Gasteiger partial charge >= 0.3 is 5.97 Å². The molecule has 0 unspecified atom stereocenters. The zero-order valence-electron chi connectivity index (χ0n) is 8.98. The first-order chi connectivity index (χ1) is 7.59. The average Bonchev–Trinajstić information content (AvgIpc) is 3.01. The van der Waals surface area contributed by atoms with Crippen molar-refractivity contribution in [2.45, 2.75) is 12.8 Å². The molecule has 5 heteroatoms. The van der Waals surface area contributed by atoms with Crippen molar-refractivity contribution < 1.29 is 14.3 Å². The number of aromatic nitrogens is 1. The summed E-state index contributed by atoms with van der Waals surface area (Å²) in [7, 11) is 1.73. The van der Waals surface area contributed by atoms with Crippen molar-refractivity contribution in [3.8, 4) is 0 Å². The van der Waals surface area contributed by atoms with Crippen LogP contribution in [0.1, 0.15) is 23.2 Å². The minimum absolute atomic E-state index is 0.117. The highest BCUT2D eigenvalue weighted by atomic mass is 19.1. The second-order valence-corrected chi connectivity index (χ2v) is 4.13. The third kappa shape index (κ3) is 2.13. The standard InChI is InChI=1S/C11H13FN2O2/c1-14(6-7-2-3-7)10-9(12)8(11(15)16)4-5-13-10/h4-5,7H,2-3,6H2,1H3,(H,15,16). The summed E-state index contributed by atoms with van der Waals surface area (Å²) in [6.45, 7) is 0.729. The molecular formula is C11H13FN2O2. The fourth-order valence-corrected chi connectivity index (χ4v) is 1.64. The molecule has 86 valence electrons. The SMILES string of the molecule is CN(CC1CC1)c1nccc(C(=O)O)c1F. The first-order valence-electron chi connectivity index (χ1n) is 5.18. The molecular weight excluding hydrogens is 211 g/mol. The lowest BCUT2D eigenvalue weighted by Gasteiger charge is -2.18. The highest BCUT2D eigenvalue weighted by Gasteiger charge is 2.25. The van der Waals surface area contributed by atoms with Gasteiger partial charge in [-0.25, -0.2) is 14.2 Å². The maximum atomic E-state index is 13.8. The molecule has 1 fully saturated rings. The van der Waals surface area contributed by atoms with E-state index in [1.54, 1.807) is 11.9 Å². The number of carboxylic acids is 1. The zero-order valence-corrected chi connectivity index (χ0v) is 8.98. The Kier molecular flexibility index (Phi) is 2.77. The summed E-state index contributed by atoms with van der Waals surface area (Å²) in [5, 5.41) is 8.78. The van der Waals surface area contributed by atoms with Gasteiger partial charge in [0.25, 0.3) is 0 Å². The van der Waals surface area contributed by atoms with E-state index in [-0.39, 0.29) is 11.4 Å². The van der Waals surface area contributed by atoms with Crippen LogP contribution < -0.4 is 4.90 Å². The molecule has 16 heavy (non-hydrogen) atoms. The number of carbonyl (C=O) groups is 1. The number of halogens is 1. The van der Waals surface area contributed by atoms with Crippen LogP contribution in [0, 0.1) is 11.7 Å². The van der Waals surface area contributed by atoms with Crippen LogP contribution in [0.4, 0.5) is 10.2 Å². The second-order valence-electron chi connectivity index (χ2n) is 4.13. The fraction of sp³-hybridized carbons (Fsp3) is 0.455.